The quantitative estimate of drug-likeness (QED) is 0.744. The van der Waals surface area contributed by atoms with Crippen LogP contribution in [0.5, 0.6) is 0 Å². The molecule has 2 amide bonds. The highest BCUT2D eigenvalue weighted by molar-refractivity contribution is 6.74. The highest BCUT2D eigenvalue weighted by Gasteiger charge is 2.45. The van der Waals surface area contributed by atoms with Crippen molar-refractivity contribution < 1.29 is 23.9 Å². The smallest absolute Gasteiger partial charge is 0.407 e. The van der Waals surface area contributed by atoms with Crippen LogP contribution in [0.3, 0.4) is 0 Å². The largest absolute Gasteiger partial charge is 0.465 e. The Kier molecular flexibility index (Phi) is 6.53. The normalized spacial score (nSPS) is 20.4. The first-order valence-electron chi connectivity index (χ1n) is 9.12. The summed E-state index contributed by atoms with van der Waals surface area (Å²) in [6.45, 7) is 11.2. The number of carbonyl (C=O) groups is 2. The Morgan fingerprint density at radius 2 is 1.85 bits per heavy atom. The maximum atomic E-state index is 12.2. The molecule has 0 saturated carbocycles. The Bertz CT molecular complexity index is 660. The van der Waals surface area contributed by atoms with Gasteiger partial charge in [0.25, 0.3) is 0 Å². The van der Waals surface area contributed by atoms with E-state index in [1.807, 2.05) is 30.3 Å². The minimum absolute atomic E-state index is 0.0119. The lowest BCUT2D eigenvalue weighted by Gasteiger charge is -2.39. The van der Waals surface area contributed by atoms with Crippen molar-refractivity contribution in [3.8, 4) is 0 Å². The summed E-state index contributed by atoms with van der Waals surface area (Å²) in [5.74, 6) is 0. The molecule has 0 aliphatic carbocycles. The molecule has 1 fully saturated rings. The Morgan fingerprint density at radius 1 is 1.22 bits per heavy atom. The van der Waals surface area contributed by atoms with E-state index < -0.39 is 26.5 Å². The van der Waals surface area contributed by atoms with Gasteiger partial charge in [-0.25, -0.2) is 9.59 Å². The van der Waals surface area contributed by atoms with Gasteiger partial charge in [0, 0.05) is 6.54 Å². The first-order valence-corrected chi connectivity index (χ1v) is 12.0. The van der Waals surface area contributed by atoms with E-state index in [1.54, 1.807) is 0 Å². The van der Waals surface area contributed by atoms with Crippen molar-refractivity contribution in [1.29, 1.82) is 0 Å². The van der Waals surface area contributed by atoms with E-state index in [-0.39, 0.29) is 30.8 Å². The maximum Gasteiger partial charge on any atom is 0.407 e. The lowest BCUT2D eigenvalue weighted by atomic mass is 10.2. The van der Waals surface area contributed by atoms with Crippen LogP contribution in [-0.4, -0.2) is 55.7 Å². The van der Waals surface area contributed by atoms with E-state index in [0.717, 1.165) is 5.56 Å². The lowest BCUT2D eigenvalue weighted by molar-refractivity contribution is 0.120. The summed E-state index contributed by atoms with van der Waals surface area (Å²) in [5.41, 5.74) is 0.889. The second kappa shape index (κ2) is 8.31. The summed E-state index contributed by atoms with van der Waals surface area (Å²) in [4.78, 5) is 24.9. The van der Waals surface area contributed by atoms with Crippen LogP contribution in [0.1, 0.15) is 26.3 Å². The number of nitrogens with zero attached hydrogens (tertiary/aromatic N) is 1. The zero-order chi connectivity index (χ0) is 20.2. The van der Waals surface area contributed by atoms with Gasteiger partial charge in [0.05, 0.1) is 18.7 Å². The van der Waals surface area contributed by atoms with E-state index in [1.165, 1.54) is 4.90 Å². The molecule has 150 valence electrons. The van der Waals surface area contributed by atoms with Crippen LogP contribution in [0.2, 0.25) is 18.1 Å². The van der Waals surface area contributed by atoms with Crippen molar-refractivity contribution >= 4 is 20.5 Å². The van der Waals surface area contributed by atoms with Crippen LogP contribution in [0.4, 0.5) is 9.59 Å². The van der Waals surface area contributed by atoms with Crippen LogP contribution in [0, 0.1) is 0 Å². The molecule has 2 rings (SSSR count). The molecule has 0 radical (unpaired) electrons. The minimum Gasteiger partial charge on any atom is -0.465 e. The van der Waals surface area contributed by atoms with Crippen molar-refractivity contribution in [3.05, 3.63) is 35.9 Å². The van der Waals surface area contributed by atoms with Gasteiger partial charge in [-0.05, 0) is 23.7 Å². The number of likely N-dealkylation sites (tertiary alicyclic amines) is 1. The van der Waals surface area contributed by atoms with Crippen LogP contribution in [0.25, 0.3) is 0 Å². The van der Waals surface area contributed by atoms with Gasteiger partial charge in [-0.15, -0.1) is 0 Å². The number of alkyl carbamates (subject to hydrolysis) is 1. The number of benzene rings is 1. The molecule has 1 aromatic rings. The number of ether oxygens (including phenoxy) is 1. The van der Waals surface area contributed by atoms with E-state index in [0.29, 0.717) is 0 Å². The number of carboxylic acid groups (broad SMARTS) is 1. The van der Waals surface area contributed by atoms with Crippen LogP contribution >= 0.6 is 0 Å². The molecule has 0 bridgehead atoms. The standard InChI is InChI=1S/C19H30N2O5Si/c1-19(2,3)27(4,5)26-16-12-21(18(23)24)11-15(16)20-17(22)25-13-14-9-7-6-8-10-14/h6-10,15-16H,11-13H2,1-5H3,(H,20,22)(H,23,24)/t15-,16+/m1/s1. The van der Waals surface area contributed by atoms with Crippen molar-refractivity contribution in [2.24, 2.45) is 0 Å². The maximum absolute atomic E-state index is 12.2. The highest BCUT2D eigenvalue weighted by Crippen LogP contribution is 2.38. The SMILES string of the molecule is CC(C)(C)[Si](C)(C)O[C@H]1CN(C(=O)O)C[C@H]1NC(=O)OCc1ccccc1. The molecule has 0 aromatic heterocycles. The summed E-state index contributed by atoms with van der Waals surface area (Å²) in [7, 11) is -2.11. The predicted octanol–water partition coefficient (Wildman–Crippen LogP) is 3.67. The van der Waals surface area contributed by atoms with Gasteiger partial charge >= 0.3 is 12.2 Å². The average molecular weight is 395 g/mol. The van der Waals surface area contributed by atoms with Gasteiger partial charge < -0.3 is 24.5 Å². The molecule has 8 heteroatoms. The van der Waals surface area contributed by atoms with Crippen LogP contribution in [-0.2, 0) is 15.8 Å². The molecule has 2 N–H and O–H groups in total. The Balaban J connectivity index is 2.00. The number of hydrogen-bond acceptors (Lipinski definition) is 4. The van der Waals surface area contributed by atoms with Gasteiger partial charge in [-0.3, -0.25) is 0 Å². The Hall–Kier alpha value is -2.06. The van der Waals surface area contributed by atoms with E-state index in [4.69, 9.17) is 9.16 Å². The van der Waals surface area contributed by atoms with Crippen molar-refractivity contribution in [3.63, 3.8) is 0 Å². The molecule has 27 heavy (non-hydrogen) atoms. The first-order chi connectivity index (χ1) is 12.5. The van der Waals surface area contributed by atoms with Crippen LogP contribution < -0.4 is 5.32 Å². The fourth-order valence-electron chi connectivity index (χ4n) is 2.66. The number of hydrogen-bond donors (Lipinski definition) is 2. The molecule has 1 aromatic carbocycles. The molecule has 2 atom stereocenters. The van der Waals surface area contributed by atoms with Gasteiger partial charge in [0.1, 0.15) is 6.61 Å². The van der Waals surface area contributed by atoms with Gasteiger partial charge in [-0.2, -0.15) is 0 Å². The summed E-state index contributed by atoms with van der Waals surface area (Å²) >= 11 is 0. The van der Waals surface area contributed by atoms with Gasteiger partial charge in [0.15, 0.2) is 8.32 Å². The van der Waals surface area contributed by atoms with E-state index >= 15 is 0 Å². The third-order valence-corrected chi connectivity index (χ3v) is 9.81. The average Bonchev–Trinajstić information content (AvgIpc) is 2.95. The molecule has 1 aliphatic rings. The third kappa shape index (κ3) is 5.70. The van der Waals surface area contributed by atoms with Gasteiger partial charge in [0.2, 0.25) is 0 Å². The summed E-state index contributed by atoms with van der Waals surface area (Å²) in [5, 5.41) is 12.1. The highest BCUT2D eigenvalue weighted by atomic mass is 28.4. The molecule has 1 saturated heterocycles. The van der Waals surface area contributed by atoms with Crippen molar-refractivity contribution in [2.45, 2.75) is 57.7 Å². The van der Waals surface area contributed by atoms with Crippen LogP contribution in [0.15, 0.2) is 30.3 Å². The van der Waals surface area contributed by atoms with Crippen molar-refractivity contribution in [1.82, 2.24) is 10.2 Å². The molecular formula is C19H30N2O5Si. The number of amides is 2. The monoisotopic (exact) mass is 394 g/mol. The minimum atomic E-state index is -2.11. The molecule has 7 nitrogen and oxygen atoms in total. The second-order valence-electron chi connectivity index (χ2n) is 8.42. The van der Waals surface area contributed by atoms with E-state index in [9.17, 15) is 14.7 Å². The number of rotatable bonds is 5. The molecule has 1 heterocycles. The zero-order valence-electron chi connectivity index (χ0n) is 16.7. The second-order valence-corrected chi connectivity index (χ2v) is 13.2. The number of carbonyl (C=O) groups excluding carboxylic acids is 1. The third-order valence-electron chi connectivity index (χ3n) is 5.30. The van der Waals surface area contributed by atoms with E-state index in [2.05, 4.69) is 39.2 Å². The Morgan fingerprint density at radius 3 is 2.41 bits per heavy atom. The summed E-state index contributed by atoms with van der Waals surface area (Å²) in [6.07, 6.45) is -1.97. The predicted molar refractivity (Wildman–Crippen MR) is 105 cm³/mol. The topological polar surface area (TPSA) is 88.1 Å². The fraction of sp³-hybridized carbons (Fsp3) is 0.579. The van der Waals surface area contributed by atoms with Gasteiger partial charge in [-0.1, -0.05) is 51.1 Å². The Labute approximate surface area is 161 Å². The fourth-order valence-corrected chi connectivity index (χ4v) is 4.01. The first kappa shape index (κ1) is 21.2. The molecule has 0 unspecified atom stereocenters. The summed E-state index contributed by atoms with van der Waals surface area (Å²) < 4.78 is 11.7. The van der Waals surface area contributed by atoms with Crippen molar-refractivity contribution in [2.75, 3.05) is 13.1 Å². The summed E-state index contributed by atoms with van der Waals surface area (Å²) in [6, 6.07) is 8.96. The molecular weight excluding hydrogens is 364 g/mol. The molecule has 0 spiro atoms. The number of nitrogens with one attached hydrogen (secondary N) is 1. The lowest BCUT2D eigenvalue weighted by Crippen LogP contribution is -2.51. The molecule has 1 aliphatic heterocycles. The zero-order valence-corrected chi connectivity index (χ0v) is 17.7.